The van der Waals surface area contributed by atoms with Gasteiger partial charge in [-0.1, -0.05) is 12.1 Å². The first kappa shape index (κ1) is 15.8. The van der Waals surface area contributed by atoms with Gasteiger partial charge in [0.05, 0.1) is 6.42 Å². The number of rotatable bonds is 4. The summed E-state index contributed by atoms with van der Waals surface area (Å²) in [5.74, 6) is -2.50. The molecule has 0 bridgehead atoms. The summed E-state index contributed by atoms with van der Waals surface area (Å²) in [7, 11) is 0. The number of hydrogen-bond acceptors (Lipinski definition) is 5. The zero-order chi connectivity index (χ0) is 16.3. The number of hydroxylamine groups is 2. The molecule has 1 saturated heterocycles. The van der Waals surface area contributed by atoms with Crippen LogP contribution < -0.4 is 4.74 Å². The first-order valence-corrected chi connectivity index (χ1v) is 6.16. The van der Waals surface area contributed by atoms with Crippen LogP contribution in [-0.4, -0.2) is 29.2 Å². The molecular weight excluding hydrogens is 307 g/mol. The van der Waals surface area contributed by atoms with Gasteiger partial charge in [0.15, 0.2) is 0 Å². The lowest BCUT2D eigenvalue weighted by atomic mass is 10.1. The van der Waals surface area contributed by atoms with Gasteiger partial charge in [-0.05, 0) is 17.7 Å². The van der Waals surface area contributed by atoms with Crippen LogP contribution in [0.15, 0.2) is 24.3 Å². The predicted octanol–water partition coefficient (Wildman–Crippen LogP) is 1.73. The minimum absolute atomic E-state index is 0.0183. The van der Waals surface area contributed by atoms with Crippen LogP contribution in [0.25, 0.3) is 0 Å². The third kappa shape index (κ3) is 4.21. The van der Waals surface area contributed by atoms with Gasteiger partial charge in [-0.15, -0.1) is 18.2 Å². The summed E-state index contributed by atoms with van der Waals surface area (Å²) < 4.78 is 39.6. The van der Waals surface area contributed by atoms with Gasteiger partial charge in [-0.2, -0.15) is 0 Å². The second-order valence-corrected chi connectivity index (χ2v) is 4.41. The first-order chi connectivity index (χ1) is 10.2. The van der Waals surface area contributed by atoms with Crippen LogP contribution in [0, 0.1) is 0 Å². The summed E-state index contributed by atoms with van der Waals surface area (Å²) in [6, 6.07) is 4.58. The highest BCUT2D eigenvalue weighted by atomic mass is 19.4. The molecule has 0 saturated carbocycles. The third-order valence-electron chi connectivity index (χ3n) is 2.70. The number of alkyl halides is 3. The molecule has 1 aliphatic heterocycles. The maximum Gasteiger partial charge on any atom is 0.573 e. The van der Waals surface area contributed by atoms with Crippen molar-refractivity contribution in [1.82, 2.24) is 5.06 Å². The van der Waals surface area contributed by atoms with Gasteiger partial charge in [-0.3, -0.25) is 9.59 Å². The molecule has 118 valence electrons. The lowest BCUT2D eigenvalue weighted by Crippen LogP contribution is -2.32. The smallest absolute Gasteiger partial charge is 0.406 e. The lowest BCUT2D eigenvalue weighted by molar-refractivity contribution is -0.274. The molecule has 2 amide bonds. The van der Waals surface area contributed by atoms with Crippen molar-refractivity contribution in [2.45, 2.75) is 25.6 Å². The van der Waals surface area contributed by atoms with E-state index in [9.17, 15) is 27.6 Å². The number of carbonyl (C=O) groups is 3. The van der Waals surface area contributed by atoms with E-state index in [0.29, 0.717) is 10.6 Å². The largest absolute Gasteiger partial charge is 0.573 e. The summed E-state index contributed by atoms with van der Waals surface area (Å²) >= 11 is 0. The van der Waals surface area contributed by atoms with Crippen LogP contribution in [0.2, 0.25) is 0 Å². The molecule has 9 heteroatoms. The van der Waals surface area contributed by atoms with E-state index in [1.807, 2.05) is 0 Å². The molecule has 0 atom stereocenters. The Morgan fingerprint density at radius 1 is 1.09 bits per heavy atom. The highest BCUT2D eigenvalue weighted by molar-refractivity contribution is 6.01. The summed E-state index contributed by atoms with van der Waals surface area (Å²) in [6.45, 7) is 0. The minimum Gasteiger partial charge on any atom is -0.406 e. The van der Waals surface area contributed by atoms with Crippen molar-refractivity contribution in [3.05, 3.63) is 29.8 Å². The zero-order valence-electron chi connectivity index (χ0n) is 11.1. The number of carbonyl (C=O) groups excluding carboxylic acids is 3. The highest BCUT2D eigenvalue weighted by Gasteiger charge is 2.33. The molecule has 1 aromatic rings. The number of ether oxygens (including phenoxy) is 1. The highest BCUT2D eigenvalue weighted by Crippen LogP contribution is 2.23. The molecule has 1 aromatic carbocycles. The fourth-order valence-electron chi connectivity index (χ4n) is 1.77. The monoisotopic (exact) mass is 317 g/mol. The molecule has 0 aromatic heterocycles. The normalized spacial score (nSPS) is 15.1. The van der Waals surface area contributed by atoms with E-state index in [4.69, 9.17) is 0 Å². The van der Waals surface area contributed by atoms with E-state index in [2.05, 4.69) is 9.57 Å². The van der Waals surface area contributed by atoms with Crippen molar-refractivity contribution in [3.8, 4) is 5.75 Å². The zero-order valence-corrected chi connectivity index (χ0v) is 11.1. The van der Waals surface area contributed by atoms with E-state index in [1.54, 1.807) is 0 Å². The Labute approximate surface area is 122 Å². The van der Waals surface area contributed by atoms with Gasteiger partial charge in [0, 0.05) is 12.8 Å². The molecule has 1 aliphatic rings. The Bertz CT molecular complexity index is 581. The van der Waals surface area contributed by atoms with Gasteiger partial charge in [0.25, 0.3) is 11.8 Å². The second kappa shape index (κ2) is 6.04. The first-order valence-electron chi connectivity index (χ1n) is 6.16. The van der Waals surface area contributed by atoms with E-state index < -0.39 is 29.9 Å². The van der Waals surface area contributed by atoms with E-state index in [-0.39, 0.29) is 19.3 Å². The quantitative estimate of drug-likeness (QED) is 0.791. The van der Waals surface area contributed by atoms with Gasteiger partial charge in [0.1, 0.15) is 5.75 Å². The van der Waals surface area contributed by atoms with Crippen LogP contribution in [0.1, 0.15) is 18.4 Å². The lowest BCUT2D eigenvalue weighted by Gasteiger charge is -2.13. The fraction of sp³-hybridized carbons (Fsp3) is 0.308. The number of benzene rings is 1. The van der Waals surface area contributed by atoms with E-state index in [0.717, 1.165) is 12.1 Å². The van der Waals surface area contributed by atoms with E-state index >= 15 is 0 Å². The van der Waals surface area contributed by atoms with E-state index in [1.165, 1.54) is 12.1 Å². The van der Waals surface area contributed by atoms with Gasteiger partial charge < -0.3 is 9.57 Å². The van der Waals surface area contributed by atoms with Gasteiger partial charge in [-0.25, -0.2) is 4.79 Å². The van der Waals surface area contributed by atoms with Crippen LogP contribution in [-0.2, 0) is 25.6 Å². The molecule has 1 heterocycles. The van der Waals surface area contributed by atoms with Crippen LogP contribution in [0.3, 0.4) is 0 Å². The van der Waals surface area contributed by atoms with Crippen molar-refractivity contribution in [1.29, 1.82) is 0 Å². The molecular formula is C13H10F3NO5. The molecule has 0 spiro atoms. The van der Waals surface area contributed by atoms with Crippen LogP contribution >= 0.6 is 0 Å². The van der Waals surface area contributed by atoms with Crippen molar-refractivity contribution >= 4 is 17.8 Å². The average molecular weight is 317 g/mol. The molecule has 0 radical (unpaired) electrons. The summed E-state index contributed by atoms with van der Waals surface area (Å²) in [5, 5.41) is 0.406. The standard InChI is InChI=1S/C13H10F3NO5/c14-13(15,16)21-9-3-1-8(2-4-9)7-12(20)22-17-10(18)5-6-11(17)19/h1-4H,5-7H2. The summed E-state index contributed by atoms with van der Waals surface area (Å²) in [6.07, 6.45) is -5.13. The van der Waals surface area contributed by atoms with Crippen molar-refractivity contribution in [3.63, 3.8) is 0 Å². The predicted molar refractivity (Wildman–Crippen MR) is 64.0 cm³/mol. The van der Waals surface area contributed by atoms with Crippen molar-refractivity contribution < 1.29 is 37.1 Å². The van der Waals surface area contributed by atoms with Gasteiger partial charge in [0.2, 0.25) is 0 Å². The van der Waals surface area contributed by atoms with Crippen LogP contribution in [0.5, 0.6) is 5.75 Å². The Kier molecular flexibility index (Phi) is 4.34. The molecule has 6 nitrogen and oxygen atoms in total. The number of hydrogen-bond donors (Lipinski definition) is 0. The molecule has 0 unspecified atom stereocenters. The molecule has 2 rings (SSSR count). The third-order valence-corrected chi connectivity index (χ3v) is 2.70. The Hall–Kier alpha value is -2.58. The topological polar surface area (TPSA) is 72.9 Å². The fourth-order valence-corrected chi connectivity index (χ4v) is 1.77. The number of nitrogens with zero attached hydrogens (tertiary/aromatic N) is 1. The van der Waals surface area contributed by atoms with Gasteiger partial charge >= 0.3 is 12.3 Å². The summed E-state index contributed by atoms with van der Waals surface area (Å²) in [5.41, 5.74) is 0.346. The Morgan fingerprint density at radius 2 is 1.64 bits per heavy atom. The van der Waals surface area contributed by atoms with Crippen LogP contribution in [0.4, 0.5) is 13.2 Å². The van der Waals surface area contributed by atoms with Crippen molar-refractivity contribution in [2.75, 3.05) is 0 Å². The molecule has 0 N–H and O–H groups in total. The Morgan fingerprint density at radius 3 is 2.14 bits per heavy atom. The molecule has 22 heavy (non-hydrogen) atoms. The number of amides is 2. The SMILES string of the molecule is O=C(Cc1ccc(OC(F)(F)F)cc1)ON1C(=O)CCC1=O. The molecule has 0 aliphatic carbocycles. The van der Waals surface area contributed by atoms with Crippen molar-refractivity contribution in [2.24, 2.45) is 0 Å². The minimum atomic E-state index is -4.79. The number of imide groups is 1. The second-order valence-electron chi connectivity index (χ2n) is 4.41. The summed E-state index contributed by atoms with van der Waals surface area (Å²) in [4.78, 5) is 38.7. The maximum absolute atomic E-state index is 12.0. The molecule has 1 fully saturated rings. The maximum atomic E-state index is 12.0. The number of halogens is 3. The average Bonchev–Trinajstić information content (AvgIpc) is 2.71. The Balaban J connectivity index is 1.92.